The van der Waals surface area contributed by atoms with Crippen LogP contribution in [0.25, 0.3) is 10.8 Å². The summed E-state index contributed by atoms with van der Waals surface area (Å²) < 4.78 is 6.37. The normalized spacial score (nSPS) is 21.5. The van der Waals surface area contributed by atoms with Crippen molar-refractivity contribution in [3.63, 3.8) is 0 Å². The number of methoxy groups -OCH3 is 1. The monoisotopic (exact) mass is 415 g/mol. The number of fused-ring (bicyclic) bond motifs is 1. The van der Waals surface area contributed by atoms with Gasteiger partial charge in [0.05, 0.1) is 11.6 Å². The first kappa shape index (κ1) is 17.8. The molecule has 1 aliphatic carbocycles. The molecule has 0 aromatic heterocycles. The van der Waals surface area contributed by atoms with Gasteiger partial charge in [-0.25, -0.2) is 0 Å². The van der Waals surface area contributed by atoms with E-state index in [1.54, 1.807) is 7.11 Å². The van der Waals surface area contributed by atoms with E-state index in [0.717, 1.165) is 35.0 Å². The van der Waals surface area contributed by atoms with Crippen molar-refractivity contribution in [2.45, 2.75) is 51.0 Å². The average molecular weight is 416 g/mol. The minimum atomic E-state index is 0.149. The number of rotatable bonds is 4. The van der Waals surface area contributed by atoms with Crippen LogP contribution in [0.3, 0.4) is 0 Å². The maximum absolute atomic E-state index is 12.9. The van der Waals surface area contributed by atoms with Crippen LogP contribution >= 0.6 is 15.9 Å². The first-order valence-corrected chi connectivity index (χ1v) is 10.5. The summed E-state index contributed by atoms with van der Waals surface area (Å²) in [5.41, 5.74) is 1.25. The van der Waals surface area contributed by atoms with Crippen molar-refractivity contribution in [3.8, 4) is 5.75 Å². The van der Waals surface area contributed by atoms with Crippen molar-refractivity contribution in [2.24, 2.45) is 5.92 Å². The highest BCUT2D eigenvalue weighted by Gasteiger charge is 2.36. The molecule has 1 amide bonds. The standard InChI is InChI=1S/C22H26BrNO2/c1-26-20-10-8-16-13-15(7-9-19(16)21(20)23)14-17-11-12-24(22(17)25)18-5-3-2-4-6-18/h7-10,13,17-18H,2-6,11-12,14H2,1H3. The summed E-state index contributed by atoms with van der Waals surface area (Å²) in [7, 11) is 1.68. The second kappa shape index (κ2) is 7.59. The van der Waals surface area contributed by atoms with Gasteiger partial charge in [0, 0.05) is 18.5 Å². The van der Waals surface area contributed by atoms with Gasteiger partial charge in [0.25, 0.3) is 0 Å². The van der Waals surface area contributed by atoms with Gasteiger partial charge in [-0.05, 0) is 64.0 Å². The fourth-order valence-electron chi connectivity index (χ4n) is 4.60. The Morgan fingerprint density at radius 2 is 1.92 bits per heavy atom. The van der Waals surface area contributed by atoms with E-state index in [1.807, 2.05) is 6.07 Å². The zero-order valence-corrected chi connectivity index (χ0v) is 16.9. The molecule has 2 aromatic rings. The Hall–Kier alpha value is -1.55. The summed E-state index contributed by atoms with van der Waals surface area (Å²) in [5.74, 6) is 1.38. The number of benzene rings is 2. The van der Waals surface area contributed by atoms with Crippen molar-refractivity contribution in [1.82, 2.24) is 4.90 Å². The van der Waals surface area contributed by atoms with Crippen molar-refractivity contribution >= 4 is 32.6 Å². The van der Waals surface area contributed by atoms with Crippen LogP contribution in [0, 0.1) is 5.92 Å². The Morgan fingerprint density at radius 1 is 1.12 bits per heavy atom. The van der Waals surface area contributed by atoms with E-state index in [2.05, 4.69) is 45.1 Å². The molecule has 1 heterocycles. The summed E-state index contributed by atoms with van der Waals surface area (Å²) in [6.45, 7) is 0.949. The smallest absolute Gasteiger partial charge is 0.226 e. The first-order valence-electron chi connectivity index (χ1n) is 9.73. The highest BCUT2D eigenvalue weighted by Crippen LogP contribution is 2.35. The number of carbonyl (C=O) groups excluding carboxylic acids is 1. The number of carbonyl (C=O) groups is 1. The summed E-state index contributed by atoms with van der Waals surface area (Å²) in [6.07, 6.45) is 8.14. The highest BCUT2D eigenvalue weighted by molar-refractivity contribution is 9.10. The van der Waals surface area contributed by atoms with Gasteiger partial charge in [0.1, 0.15) is 5.75 Å². The molecule has 0 radical (unpaired) electrons. The van der Waals surface area contributed by atoms with Gasteiger partial charge in [-0.3, -0.25) is 4.79 Å². The van der Waals surface area contributed by atoms with E-state index in [9.17, 15) is 4.79 Å². The lowest BCUT2D eigenvalue weighted by atomic mass is 9.93. The van der Waals surface area contributed by atoms with E-state index >= 15 is 0 Å². The molecule has 1 aliphatic heterocycles. The number of amides is 1. The van der Waals surface area contributed by atoms with Crippen molar-refractivity contribution in [3.05, 3.63) is 40.4 Å². The van der Waals surface area contributed by atoms with Crippen LogP contribution in [0.4, 0.5) is 0 Å². The van der Waals surface area contributed by atoms with Gasteiger partial charge >= 0.3 is 0 Å². The van der Waals surface area contributed by atoms with E-state index in [0.29, 0.717) is 11.9 Å². The first-order chi connectivity index (χ1) is 12.7. The number of likely N-dealkylation sites (tertiary alicyclic amines) is 1. The Bertz CT molecular complexity index is 813. The molecule has 1 saturated carbocycles. The molecule has 0 N–H and O–H groups in total. The van der Waals surface area contributed by atoms with Gasteiger partial charge in [-0.2, -0.15) is 0 Å². The van der Waals surface area contributed by atoms with Gasteiger partial charge in [-0.15, -0.1) is 0 Å². The molecule has 2 aliphatic rings. The molecule has 1 saturated heterocycles. The molecule has 3 nitrogen and oxygen atoms in total. The molecule has 2 fully saturated rings. The van der Waals surface area contributed by atoms with Gasteiger partial charge in [0.15, 0.2) is 0 Å². The Labute approximate surface area is 163 Å². The maximum Gasteiger partial charge on any atom is 0.226 e. The predicted octanol–water partition coefficient (Wildman–Crippen LogP) is 5.33. The second-order valence-corrected chi connectivity index (χ2v) is 8.44. The largest absolute Gasteiger partial charge is 0.496 e. The maximum atomic E-state index is 12.9. The van der Waals surface area contributed by atoms with E-state index < -0.39 is 0 Å². The SMILES string of the molecule is COc1ccc2cc(CC3CCN(C4CCCCC4)C3=O)ccc2c1Br. The fourth-order valence-corrected chi connectivity index (χ4v) is 5.25. The summed E-state index contributed by atoms with van der Waals surface area (Å²) >= 11 is 3.63. The average Bonchev–Trinajstić information content (AvgIpc) is 3.03. The third-order valence-electron chi connectivity index (χ3n) is 6.05. The molecule has 0 bridgehead atoms. The van der Waals surface area contributed by atoms with Crippen molar-refractivity contribution < 1.29 is 9.53 Å². The lowest BCUT2D eigenvalue weighted by Crippen LogP contribution is -2.39. The molecule has 138 valence electrons. The summed E-state index contributed by atoms with van der Waals surface area (Å²) in [6, 6.07) is 11.1. The Kier molecular flexibility index (Phi) is 5.21. The molecular formula is C22H26BrNO2. The van der Waals surface area contributed by atoms with Crippen LogP contribution in [0.2, 0.25) is 0 Å². The molecule has 1 unspecified atom stereocenters. The minimum absolute atomic E-state index is 0.149. The van der Waals surface area contributed by atoms with Gasteiger partial charge in [0.2, 0.25) is 5.91 Å². The fraction of sp³-hybridized carbons (Fsp3) is 0.500. The van der Waals surface area contributed by atoms with Gasteiger partial charge < -0.3 is 9.64 Å². The topological polar surface area (TPSA) is 29.5 Å². The second-order valence-electron chi connectivity index (χ2n) is 7.65. The van der Waals surface area contributed by atoms with Crippen LogP contribution < -0.4 is 4.74 Å². The number of hydrogen-bond acceptors (Lipinski definition) is 2. The van der Waals surface area contributed by atoms with Crippen molar-refractivity contribution in [2.75, 3.05) is 13.7 Å². The lowest BCUT2D eigenvalue weighted by molar-refractivity contribution is -0.133. The van der Waals surface area contributed by atoms with E-state index in [-0.39, 0.29) is 5.92 Å². The molecule has 26 heavy (non-hydrogen) atoms. The number of ether oxygens (including phenoxy) is 1. The Morgan fingerprint density at radius 3 is 2.69 bits per heavy atom. The number of halogens is 1. The van der Waals surface area contributed by atoms with Crippen LogP contribution in [-0.2, 0) is 11.2 Å². The minimum Gasteiger partial charge on any atom is -0.496 e. The molecule has 4 heteroatoms. The third-order valence-corrected chi connectivity index (χ3v) is 6.87. The van der Waals surface area contributed by atoms with Crippen LogP contribution in [0.15, 0.2) is 34.8 Å². The zero-order valence-electron chi connectivity index (χ0n) is 15.3. The predicted molar refractivity (Wildman–Crippen MR) is 109 cm³/mol. The van der Waals surface area contributed by atoms with Crippen LogP contribution in [0.1, 0.15) is 44.1 Å². The van der Waals surface area contributed by atoms with Crippen LogP contribution in [0.5, 0.6) is 5.75 Å². The van der Waals surface area contributed by atoms with Gasteiger partial charge in [-0.1, -0.05) is 43.5 Å². The highest BCUT2D eigenvalue weighted by atomic mass is 79.9. The quantitative estimate of drug-likeness (QED) is 0.674. The number of hydrogen-bond donors (Lipinski definition) is 0. The van der Waals surface area contributed by atoms with E-state index in [4.69, 9.17) is 4.74 Å². The summed E-state index contributed by atoms with van der Waals surface area (Å²) in [4.78, 5) is 15.1. The van der Waals surface area contributed by atoms with E-state index in [1.165, 1.54) is 43.1 Å². The van der Waals surface area contributed by atoms with Crippen LogP contribution in [-0.4, -0.2) is 30.5 Å². The third kappa shape index (κ3) is 3.36. The zero-order chi connectivity index (χ0) is 18.1. The number of nitrogens with zero attached hydrogens (tertiary/aromatic N) is 1. The molecule has 1 atom stereocenters. The summed E-state index contributed by atoms with van der Waals surface area (Å²) in [5, 5.41) is 2.33. The molecule has 4 rings (SSSR count). The lowest BCUT2D eigenvalue weighted by Gasteiger charge is -2.31. The Balaban J connectivity index is 1.49. The van der Waals surface area contributed by atoms with Crippen molar-refractivity contribution in [1.29, 1.82) is 0 Å². The molecule has 2 aromatic carbocycles. The molecule has 0 spiro atoms. The molecular weight excluding hydrogens is 390 g/mol.